The third-order valence-electron chi connectivity index (χ3n) is 6.57. The largest absolute Gasteiger partial charge is 0.378 e. The molecular formula is C24H25BrCl2N6O2S. The number of nitrogens with zero attached hydrogens (tertiary/aromatic N) is 4. The van der Waals surface area contributed by atoms with E-state index in [-0.39, 0.29) is 11.8 Å². The maximum Gasteiger partial charge on any atom is 0.213 e. The molecule has 1 aromatic carbocycles. The molecule has 0 bridgehead atoms. The van der Waals surface area contributed by atoms with Crippen molar-refractivity contribution < 1.29 is 8.42 Å². The van der Waals surface area contributed by atoms with Gasteiger partial charge in [0.05, 0.1) is 26.0 Å². The molecule has 1 aliphatic heterocycles. The van der Waals surface area contributed by atoms with Gasteiger partial charge in [-0.1, -0.05) is 23.2 Å². The van der Waals surface area contributed by atoms with Gasteiger partial charge in [-0.2, -0.15) is 4.31 Å². The van der Waals surface area contributed by atoms with Gasteiger partial charge in [0.1, 0.15) is 11.3 Å². The number of pyridine rings is 1. The fourth-order valence-corrected chi connectivity index (χ4v) is 6.56. The second-order valence-electron chi connectivity index (χ2n) is 8.87. The van der Waals surface area contributed by atoms with E-state index >= 15 is 0 Å². The normalized spacial score (nSPS) is 16.8. The molecule has 4 heterocycles. The number of imidazole rings is 1. The number of hydrogen-bond acceptors (Lipinski definition) is 5. The minimum absolute atomic E-state index is 0.0203. The fraction of sp³-hybridized carbons (Fsp3) is 0.333. The zero-order chi connectivity index (χ0) is 25.8. The first kappa shape index (κ1) is 25.5. The number of halogens is 3. The van der Waals surface area contributed by atoms with Crippen LogP contribution in [0.25, 0.3) is 28.2 Å². The fourth-order valence-electron chi connectivity index (χ4n) is 4.70. The van der Waals surface area contributed by atoms with Crippen LogP contribution in [0.3, 0.4) is 0 Å². The van der Waals surface area contributed by atoms with Crippen LogP contribution in [0.5, 0.6) is 0 Å². The number of aromatic nitrogens is 4. The van der Waals surface area contributed by atoms with Gasteiger partial charge in [0, 0.05) is 48.0 Å². The van der Waals surface area contributed by atoms with E-state index < -0.39 is 10.0 Å². The van der Waals surface area contributed by atoms with Crippen molar-refractivity contribution in [3.8, 4) is 17.1 Å². The van der Waals surface area contributed by atoms with Crippen molar-refractivity contribution in [2.24, 2.45) is 0 Å². The summed E-state index contributed by atoms with van der Waals surface area (Å²) in [6, 6.07) is 7.61. The molecule has 0 unspecified atom stereocenters. The summed E-state index contributed by atoms with van der Waals surface area (Å²) in [5.74, 6) is 0.798. The van der Waals surface area contributed by atoms with Gasteiger partial charge in [0.2, 0.25) is 10.0 Å². The summed E-state index contributed by atoms with van der Waals surface area (Å²) in [7, 11) is -3.21. The van der Waals surface area contributed by atoms with E-state index in [1.54, 1.807) is 23.5 Å². The van der Waals surface area contributed by atoms with Gasteiger partial charge in [0.25, 0.3) is 0 Å². The molecule has 8 nitrogen and oxygen atoms in total. The molecule has 0 spiro atoms. The number of benzene rings is 1. The van der Waals surface area contributed by atoms with E-state index in [9.17, 15) is 8.42 Å². The number of hydrogen-bond donors (Lipinski definition) is 2. The maximum atomic E-state index is 12.3. The summed E-state index contributed by atoms with van der Waals surface area (Å²) in [4.78, 5) is 12.8. The third-order valence-corrected chi connectivity index (χ3v) is 9.76. The highest BCUT2D eigenvalue weighted by Crippen LogP contribution is 2.35. The lowest BCUT2D eigenvalue weighted by Gasteiger charge is -2.17. The molecule has 12 heteroatoms. The quantitative estimate of drug-likeness (QED) is 0.281. The van der Waals surface area contributed by atoms with E-state index in [0.717, 1.165) is 39.2 Å². The smallest absolute Gasteiger partial charge is 0.213 e. The molecule has 0 aliphatic carbocycles. The lowest BCUT2D eigenvalue weighted by Crippen LogP contribution is -2.32. The van der Waals surface area contributed by atoms with Crippen molar-refractivity contribution in [2.75, 3.05) is 24.2 Å². The second-order valence-corrected chi connectivity index (χ2v) is 12.8. The predicted octanol–water partition coefficient (Wildman–Crippen LogP) is 5.94. The van der Waals surface area contributed by atoms with Crippen LogP contribution in [0.15, 0.2) is 34.9 Å². The van der Waals surface area contributed by atoms with Crippen LogP contribution in [0.1, 0.15) is 24.7 Å². The van der Waals surface area contributed by atoms with Gasteiger partial charge in [-0.3, -0.25) is 0 Å². The SMILES string of the molecule is CCS(=O)(=O)N1CC[C@H](Nc2c(Br)cnc3[nH]c(-c4cc(C)n(-c5ccc(Cl)c(Cl)c5)c4C)nc23)C1. The summed E-state index contributed by atoms with van der Waals surface area (Å²) < 4.78 is 29.0. The first-order valence-corrected chi connectivity index (χ1v) is 14.7. The highest BCUT2D eigenvalue weighted by molar-refractivity contribution is 9.10. The Morgan fingerprint density at radius 2 is 2.00 bits per heavy atom. The molecule has 5 rings (SSSR count). The summed E-state index contributed by atoms with van der Waals surface area (Å²) in [5.41, 5.74) is 6.01. The minimum atomic E-state index is -3.21. The molecule has 0 saturated carbocycles. The monoisotopic (exact) mass is 610 g/mol. The molecule has 4 aromatic rings. The van der Waals surface area contributed by atoms with Gasteiger partial charge >= 0.3 is 0 Å². The number of aromatic amines is 1. The van der Waals surface area contributed by atoms with E-state index in [2.05, 4.69) is 41.8 Å². The summed E-state index contributed by atoms with van der Waals surface area (Å²) in [6.07, 6.45) is 2.44. The molecule has 1 atom stereocenters. The Bertz CT molecular complexity index is 1580. The van der Waals surface area contributed by atoms with Crippen LogP contribution in [-0.4, -0.2) is 57.1 Å². The van der Waals surface area contributed by atoms with Crippen LogP contribution in [-0.2, 0) is 10.0 Å². The highest BCUT2D eigenvalue weighted by atomic mass is 79.9. The molecule has 190 valence electrons. The van der Waals surface area contributed by atoms with Gasteiger partial charge in [-0.05, 0) is 67.4 Å². The number of sulfonamides is 1. The molecular weight excluding hydrogens is 587 g/mol. The Labute approximate surface area is 228 Å². The van der Waals surface area contributed by atoms with Crippen molar-refractivity contribution in [1.82, 2.24) is 23.8 Å². The van der Waals surface area contributed by atoms with Gasteiger partial charge in [0.15, 0.2) is 5.65 Å². The van der Waals surface area contributed by atoms with Crippen LogP contribution < -0.4 is 5.32 Å². The average molecular weight is 612 g/mol. The molecule has 0 radical (unpaired) electrons. The minimum Gasteiger partial charge on any atom is -0.378 e. The Morgan fingerprint density at radius 3 is 2.72 bits per heavy atom. The molecule has 2 N–H and O–H groups in total. The zero-order valence-electron chi connectivity index (χ0n) is 19.9. The summed E-state index contributed by atoms with van der Waals surface area (Å²) in [5, 5.41) is 4.51. The zero-order valence-corrected chi connectivity index (χ0v) is 23.9. The Hall–Kier alpha value is -2.11. The highest BCUT2D eigenvalue weighted by Gasteiger charge is 2.31. The maximum absolute atomic E-state index is 12.3. The Kier molecular flexibility index (Phi) is 6.84. The topological polar surface area (TPSA) is 95.9 Å². The Morgan fingerprint density at radius 1 is 1.22 bits per heavy atom. The second kappa shape index (κ2) is 9.64. The number of nitrogens with one attached hydrogen (secondary N) is 2. The Balaban J connectivity index is 1.50. The van der Waals surface area contributed by atoms with E-state index in [1.807, 2.05) is 26.0 Å². The van der Waals surface area contributed by atoms with Crippen molar-refractivity contribution >= 4 is 66.0 Å². The molecule has 36 heavy (non-hydrogen) atoms. The van der Waals surface area contributed by atoms with Gasteiger partial charge in [-0.25, -0.2) is 18.4 Å². The van der Waals surface area contributed by atoms with Crippen LogP contribution >= 0.6 is 39.1 Å². The van der Waals surface area contributed by atoms with Crippen LogP contribution in [0, 0.1) is 13.8 Å². The molecule has 1 aliphatic rings. The molecule has 1 fully saturated rings. The van der Waals surface area contributed by atoms with E-state index in [1.165, 1.54) is 0 Å². The third kappa shape index (κ3) is 4.54. The number of H-pyrrole nitrogens is 1. The first-order valence-electron chi connectivity index (χ1n) is 11.5. The van der Waals surface area contributed by atoms with Crippen LogP contribution in [0.4, 0.5) is 5.69 Å². The lowest BCUT2D eigenvalue weighted by molar-refractivity contribution is 0.476. The van der Waals surface area contributed by atoms with Crippen LogP contribution in [0.2, 0.25) is 10.0 Å². The number of anilines is 1. The number of rotatable bonds is 6. The molecule has 0 amide bonds. The number of aryl methyl sites for hydroxylation is 1. The molecule has 3 aromatic heterocycles. The molecule has 1 saturated heterocycles. The van der Waals surface area contributed by atoms with Gasteiger partial charge in [-0.15, -0.1) is 0 Å². The standard InChI is InChI=1S/C24H25BrCl2N6O2S/c1-4-36(34,35)32-8-7-15(12-32)29-21-18(25)11-28-24-22(21)30-23(31-24)17-9-13(2)33(14(17)3)16-5-6-19(26)20(27)10-16/h5-6,9-11,15H,4,7-8,12H2,1-3H3,(H2,28,29,30,31)/t15-/m0/s1. The summed E-state index contributed by atoms with van der Waals surface area (Å²) >= 11 is 16.0. The van der Waals surface area contributed by atoms with E-state index in [0.29, 0.717) is 40.1 Å². The van der Waals surface area contributed by atoms with Crippen molar-refractivity contribution in [1.29, 1.82) is 0 Å². The first-order chi connectivity index (χ1) is 17.1. The van der Waals surface area contributed by atoms with E-state index in [4.69, 9.17) is 28.2 Å². The summed E-state index contributed by atoms with van der Waals surface area (Å²) in [6.45, 7) is 6.66. The lowest BCUT2D eigenvalue weighted by atomic mass is 10.2. The number of fused-ring (bicyclic) bond motifs is 1. The van der Waals surface area contributed by atoms with Crippen molar-refractivity contribution in [2.45, 2.75) is 33.2 Å². The predicted molar refractivity (Wildman–Crippen MR) is 149 cm³/mol. The van der Waals surface area contributed by atoms with Crippen molar-refractivity contribution in [3.63, 3.8) is 0 Å². The average Bonchev–Trinajstić information content (AvgIpc) is 3.55. The van der Waals surface area contributed by atoms with Gasteiger partial charge < -0.3 is 14.9 Å². The van der Waals surface area contributed by atoms with Crippen molar-refractivity contribution in [3.05, 3.63) is 56.4 Å².